The van der Waals surface area contributed by atoms with E-state index in [0.29, 0.717) is 16.6 Å². The van der Waals surface area contributed by atoms with Crippen molar-refractivity contribution < 1.29 is 14.3 Å². The van der Waals surface area contributed by atoms with Crippen LogP contribution >= 0.6 is 11.6 Å². The predicted octanol–water partition coefficient (Wildman–Crippen LogP) is 5.00. The summed E-state index contributed by atoms with van der Waals surface area (Å²) in [5, 5.41) is 0.618. The minimum Gasteiger partial charge on any atom is -0.497 e. The van der Waals surface area contributed by atoms with E-state index in [2.05, 4.69) is 0 Å². The number of hydrogen-bond donors (Lipinski definition) is 0. The van der Waals surface area contributed by atoms with Gasteiger partial charge in [0, 0.05) is 16.1 Å². The third kappa shape index (κ3) is 3.89. The van der Waals surface area contributed by atoms with E-state index in [0.717, 1.165) is 22.4 Å². The maximum atomic E-state index is 12.4. The Labute approximate surface area is 180 Å². The van der Waals surface area contributed by atoms with Gasteiger partial charge in [-0.05, 0) is 35.9 Å². The Kier molecular flexibility index (Phi) is 5.72. The predicted molar refractivity (Wildman–Crippen MR) is 118 cm³/mol. The first-order valence-electron chi connectivity index (χ1n) is 9.51. The van der Waals surface area contributed by atoms with Crippen molar-refractivity contribution in [1.82, 2.24) is 4.90 Å². The van der Waals surface area contributed by atoms with Crippen LogP contribution in [0.5, 0.6) is 5.75 Å². The van der Waals surface area contributed by atoms with Crippen molar-refractivity contribution in [2.24, 2.45) is 4.99 Å². The molecule has 0 spiro atoms. The molecule has 152 valence electrons. The van der Waals surface area contributed by atoms with E-state index in [1.807, 2.05) is 77.7 Å². The summed E-state index contributed by atoms with van der Waals surface area (Å²) in [5.41, 5.74) is 3.62. The average molecular weight is 421 g/mol. The SMILES string of the molecule is COC(=O)CN1C(c2cccc(OC)c2)=Nc2ccc(Cl)cc2C1c1ccccc1. The van der Waals surface area contributed by atoms with E-state index in [1.165, 1.54) is 7.11 Å². The van der Waals surface area contributed by atoms with Crippen molar-refractivity contribution in [3.05, 3.63) is 94.5 Å². The highest BCUT2D eigenvalue weighted by Crippen LogP contribution is 2.41. The number of rotatable bonds is 5. The van der Waals surface area contributed by atoms with Gasteiger partial charge >= 0.3 is 5.97 Å². The number of benzene rings is 3. The van der Waals surface area contributed by atoms with E-state index in [4.69, 9.17) is 26.1 Å². The van der Waals surface area contributed by atoms with Crippen molar-refractivity contribution in [3.63, 3.8) is 0 Å². The van der Waals surface area contributed by atoms with Crippen LogP contribution in [0.1, 0.15) is 22.7 Å². The van der Waals surface area contributed by atoms with Crippen molar-refractivity contribution in [2.75, 3.05) is 20.8 Å². The van der Waals surface area contributed by atoms with Crippen LogP contribution in [0.15, 0.2) is 77.8 Å². The highest BCUT2D eigenvalue weighted by molar-refractivity contribution is 6.30. The summed E-state index contributed by atoms with van der Waals surface area (Å²) in [4.78, 5) is 19.2. The largest absolute Gasteiger partial charge is 0.497 e. The standard InChI is InChI=1S/C24H21ClN2O3/c1-29-19-10-6-9-17(13-19)24-26-21-12-11-18(25)14-20(21)23(16-7-4-3-5-8-16)27(24)15-22(28)30-2/h3-14,23H,15H2,1-2H3. The molecule has 4 rings (SSSR count). The highest BCUT2D eigenvalue weighted by atomic mass is 35.5. The molecule has 0 aromatic heterocycles. The van der Waals surface area contributed by atoms with E-state index >= 15 is 0 Å². The molecule has 3 aromatic carbocycles. The Morgan fingerprint density at radius 3 is 2.57 bits per heavy atom. The molecular formula is C24H21ClN2O3. The minimum atomic E-state index is -0.350. The van der Waals surface area contributed by atoms with Crippen molar-refractivity contribution in [2.45, 2.75) is 6.04 Å². The van der Waals surface area contributed by atoms with Gasteiger partial charge in [-0.15, -0.1) is 0 Å². The molecule has 0 bridgehead atoms. The molecule has 1 unspecified atom stereocenters. The van der Waals surface area contributed by atoms with E-state index < -0.39 is 0 Å². The maximum Gasteiger partial charge on any atom is 0.325 e. The van der Waals surface area contributed by atoms with Crippen LogP contribution in [0.2, 0.25) is 5.02 Å². The number of ether oxygens (including phenoxy) is 2. The van der Waals surface area contributed by atoms with Gasteiger partial charge in [0.25, 0.3) is 0 Å². The van der Waals surface area contributed by atoms with Crippen LogP contribution in [0.4, 0.5) is 5.69 Å². The molecule has 0 amide bonds. The van der Waals surface area contributed by atoms with Crippen LogP contribution in [-0.2, 0) is 9.53 Å². The first-order chi connectivity index (χ1) is 14.6. The van der Waals surface area contributed by atoms with Gasteiger partial charge in [0.1, 0.15) is 18.1 Å². The number of fused-ring (bicyclic) bond motifs is 1. The topological polar surface area (TPSA) is 51.1 Å². The zero-order chi connectivity index (χ0) is 21.1. The fourth-order valence-corrected chi connectivity index (χ4v) is 3.85. The zero-order valence-corrected chi connectivity index (χ0v) is 17.5. The van der Waals surface area contributed by atoms with Gasteiger partial charge in [0.15, 0.2) is 0 Å². The third-order valence-corrected chi connectivity index (χ3v) is 5.30. The second kappa shape index (κ2) is 8.59. The Morgan fingerprint density at radius 1 is 1.03 bits per heavy atom. The van der Waals surface area contributed by atoms with Crippen molar-refractivity contribution in [3.8, 4) is 5.75 Å². The number of carbonyl (C=O) groups excluding carboxylic acids is 1. The lowest BCUT2D eigenvalue weighted by molar-refractivity contribution is -0.141. The first-order valence-corrected chi connectivity index (χ1v) is 9.89. The molecule has 0 aliphatic carbocycles. The van der Waals surface area contributed by atoms with Gasteiger partial charge in [0.05, 0.1) is 25.9 Å². The molecule has 0 saturated carbocycles. The fraction of sp³-hybridized carbons (Fsp3) is 0.167. The van der Waals surface area contributed by atoms with Crippen LogP contribution in [0.25, 0.3) is 0 Å². The molecule has 5 nitrogen and oxygen atoms in total. The Hall–Kier alpha value is -3.31. The molecule has 6 heteroatoms. The Balaban J connectivity index is 1.94. The van der Waals surface area contributed by atoms with E-state index in [1.54, 1.807) is 7.11 Å². The van der Waals surface area contributed by atoms with Gasteiger partial charge in [-0.25, -0.2) is 4.99 Å². The molecule has 1 heterocycles. The minimum absolute atomic E-state index is 0.0397. The van der Waals surface area contributed by atoms with Gasteiger partial charge in [-0.1, -0.05) is 54.1 Å². The molecule has 0 fully saturated rings. The quantitative estimate of drug-likeness (QED) is 0.545. The second-order valence-electron chi connectivity index (χ2n) is 6.89. The molecule has 30 heavy (non-hydrogen) atoms. The normalized spacial score (nSPS) is 15.2. The summed E-state index contributed by atoms with van der Waals surface area (Å²) in [6.45, 7) is 0.0397. The molecule has 1 aliphatic rings. The number of nitrogens with zero attached hydrogens (tertiary/aromatic N) is 2. The Bertz CT molecular complexity index is 1100. The summed E-state index contributed by atoms with van der Waals surface area (Å²) < 4.78 is 10.4. The van der Waals surface area contributed by atoms with Gasteiger partial charge in [-0.2, -0.15) is 0 Å². The molecule has 0 N–H and O–H groups in total. The maximum absolute atomic E-state index is 12.4. The molecule has 0 saturated heterocycles. The van der Waals surface area contributed by atoms with Crippen LogP contribution in [0, 0.1) is 0 Å². The van der Waals surface area contributed by atoms with E-state index in [9.17, 15) is 4.79 Å². The van der Waals surface area contributed by atoms with Crippen LogP contribution < -0.4 is 4.74 Å². The lowest BCUT2D eigenvalue weighted by Crippen LogP contribution is -2.42. The van der Waals surface area contributed by atoms with Crippen molar-refractivity contribution in [1.29, 1.82) is 0 Å². The summed E-state index contributed by atoms with van der Waals surface area (Å²) in [6.07, 6.45) is 0. The number of amidine groups is 1. The van der Waals surface area contributed by atoms with Gasteiger partial charge < -0.3 is 14.4 Å². The number of aliphatic imine (C=N–C) groups is 1. The lowest BCUT2D eigenvalue weighted by atomic mass is 9.93. The molecule has 0 radical (unpaired) electrons. The number of hydrogen-bond acceptors (Lipinski definition) is 5. The van der Waals surface area contributed by atoms with Crippen LogP contribution in [0.3, 0.4) is 0 Å². The number of methoxy groups -OCH3 is 2. The fourth-order valence-electron chi connectivity index (χ4n) is 3.67. The molecule has 1 aliphatic heterocycles. The molecule has 3 aromatic rings. The summed E-state index contributed by atoms with van der Waals surface area (Å²) in [7, 11) is 3.01. The van der Waals surface area contributed by atoms with E-state index in [-0.39, 0.29) is 18.6 Å². The summed E-state index contributed by atoms with van der Waals surface area (Å²) >= 11 is 6.33. The van der Waals surface area contributed by atoms with Crippen molar-refractivity contribution >= 4 is 29.1 Å². The average Bonchev–Trinajstić information content (AvgIpc) is 2.79. The number of esters is 1. The number of carbonyl (C=O) groups is 1. The zero-order valence-electron chi connectivity index (χ0n) is 16.7. The smallest absolute Gasteiger partial charge is 0.325 e. The highest BCUT2D eigenvalue weighted by Gasteiger charge is 2.33. The van der Waals surface area contributed by atoms with Gasteiger partial charge in [-0.3, -0.25) is 4.79 Å². The molecule has 1 atom stereocenters. The van der Waals surface area contributed by atoms with Gasteiger partial charge in [0.2, 0.25) is 0 Å². The first kappa shape index (κ1) is 20.0. The lowest BCUT2D eigenvalue weighted by Gasteiger charge is -2.38. The van der Waals surface area contributed by atoms with Crippen LogP contribution in [-0.4, -0.2) is 37.5 Å². The molecular weight excluding hydrogens is 400 g/mol. The second-order valence-corrected chi connectivity index (χ2v) is 7.32. The summed E-state index contributed by atoms with van der Waals surface area (Å²) in [5.74, 6) is 1.03. The third-order valence-electron chi connectivity index (χ3n) is 5.06. The Morgan fingerprint density at radius 2 is 1.83 bits per heavy atom. The number of halogens is 1. The monoisotopic (exact) mass is 420 g/mol. The summed E-state index contributed by atoms with van der Waals surface area (Å²) in [6, 6.07) is 23.0.